The first-order chi connectivity index (χ1) is 19.1. The maximum Gasteiger partial charge on any atom is 0.255 e. The van der Waals surface area contributed by atoms with E-state index in [4.69, 9.17) is 11.5 Å². The van der Waals surface area contributed by atoms with Crippen molar-refractivity contribution in [1.82, 2.24) is 4.90 Å². The molecule has 41 heavy (non-hydrogen) atoms. The second-order valence-corrected chi connectivity index (χ2v) is 10.7. The summed E-state index contributed by atoms with van der Waals surface area (Å²) in [6.45, 7) is 1.40. The highest BCUT2D eigenvalue weighted by molar-refractivity contribution is 6.24. The van der Waals surface area contributed by atoms with Gasteiger partial charge in [0.2, 0.25) is 11.7 Å². The number of benzene rings is 2. The van der Waals surface area contributed by atoms with E-state index in [-0.39, 0.29) is 23.5 Å². The van der Waals surface area contributed by atoms with Crippen molar-refractivity contribution >= 4 is 23.4 Å². The maximum atomic E-state index is 13.3. The van der Waals surface area contributed by atoms with Gasteiger partial charge < -0.3 is 37.0 Å². The van der Waals surface area contributed by atoms with Crippen LogP contribution in [0.15, 0.2) is 71.2 Å². The Hall–Kier alpha value is -4.52. The fraction of sp³-hybridized carbons (Fsp3) is 0.310. The number of carbonyl (C=O) groups is 4. The van der Waals surface area contributed by atoms with E-state index in [1.807, 2.05) is 6.07 Å². The second kappa shape index (κ2) is 10.1. The third-order valence-electron chi connectivity index (χ3n) is 8.08. The summed E-state index contributed by atoms with van der Waals surface area (Å²) in [4.78, 5) is 50.3. The van der Waals surface area contributed by atoms with Crippen LogP contribution in [0, 0.1) is 11.8 Å². The van der Waals surface area contributed by atoms with Gasteiger partial charge in [-0.05, 0) is 51.2 Å². The van der Waals surface area contributed by atoms with E-state index in [1.165, 1.54) is 44.1 Å². The highest BCUT2D eigenvalue weighted by Gasteiger charge is 2.65. The first-order valence-corrected chi connectivity index (χ1v) is 12.6. The van der Waals surface area contributed by atoms with Crippen molar-refractivity contribution in [3.63, 3.8) is 0 Å². The van der Waals surface area contributed by atoms with Crippen LogP contribution in [0.1, 0.15) is 39.6 Å². The molecule has 0 radical (unpaired) electrons. The molecule has 0 bridgehead atoms. The topological polar surface area (TPSA) is 225 Å². The zero-order valence-electron chi connectivity index (χ0n) is 22.5. The molecule has 0 saturated carbocycles. The SMILES string of the molecule is CN(C)[C@@H]1C(O)=C(C(N)=O)C(=O)[C@@]2(O)C(O)=C3C(=O)c4c(O)cccc4[C@@](C)(O)[C@H]3C[C@@H]12.NC(=O)c1ccccc1. The number of phenolic OH excluding ortho intramolecular Hbond substituents is 1. The fourth-order valence-electron chi connectivity index (χ4n) is 6.11. The molecule has 2 amide bonds. The number of aliphatic hydroxyl groups is 4. The Morgan fingerprint density at radius 1 is 0.927 bits per heavy atom. The highest BCUT2D eigenvalue weighted by atomic mass is 16.3. The minimum absolute atomic E-state index is 0.135. The number of fused-ring (bicyclic) bond motifs is 3. The van der Waals surface area contributed by atoms with Crippen LogP contribution in [0.4, 0.5) is 0 Å². The van der Waals surface area contributed by atoms with Crippen LogP contribution in [0.25, 0.3) is 0 Å². The number of aromatic hydroxyl groups is 1. The van der Waals surface area contributed by atoms with Gasteiger partial charge in [-0.2, -0.15) is 0 Å². The van der Waals surface area contributed by atoms with Crippen molar-refractivity contribution in [1.29, 1.82) is 0 Å². The van der Waals surface area contributed by atoms with Crippen LogP contribution in [0.5, 0.6) is 5.75 Å². The minimum atomic E-state index is -2.75. The van der Waals surface area contributed by atoms with Gasteiger partial charge in [-0.3, -0.25) is 24.1 Å². The average molecular weight is 566 g/mol. The van der Waals surface area contributed by atoms with E-state index in [9.17, 15) is 44.7 Å². The number of nitrogens with two attached hydrogens (primary N) is 2. The zero-order valence-corrected chi connectivity index (χ0v) is 22.5. The summed E-state index contributed by atoms with van der Waals surface area (Å²) in [5, 5.41) is 55.0. The molecule has 0 spiro atoms. The standard InChI is InChI=1S/C22H24N2O8.C7H7NO/c1-21(31)8-5-4-6-11(25)12(8)16(26)13-9(21)7-10-15(24(2)3)17(27)14(20(23)30)19(29)22(10,32)18(13)28;8-7(9)6-4-2-1-3-5-6/h4-6,9-10,15,25,27-28,31-32H,7H2,1-3H3,(H2,23,30);1-5H,(H2,8,9)/t9-,10-,15-,21+,22-;/m0./s1. The van der Waals surface area contributed by atoms with E-state index in [2.05, 4.69) is 0 Å². The predicted octanol–water partition coefficient (Wildman–Crippen LogP) is 0.571. The number of hydrogen-bond donors (Lipinski definition) is 7. The molecule has 5 rings (SSSR count). The van der Waals surface area contributed by atoms with Gasteiger partial charge in [-0.1, -0.05) is 30.3 Å². The molecule has 9 N–H and O–H groups in total. The van der Waals surface area contributed by atoms with Crippen LogP contribution in [0.3, 0.4) is 0 Å². The number of likely N-dealkylation sites (N-methyl/N-ethyl adjacent to an activating group) is 1. The minimum Gasteiger partial charge on any atom is -0.510 e. The lowest BCUT2D eigenvalue weighted by atomic mass is 9.55. The summed E-state index contributed by atoms with van der Waals surface area (Å²) in [6, 6.07) is 11.8. The lowest BCUT2D eigenvalue weighted by molar-refractivity contribution is -0.151. The molecular formula is C29H31N3O9. The van der Waals surface area contributed by atoms with E-state index in [0.29, 0.717) is 5.56 Å². The van der Waals surface area contributed by atoms with Crippen LogP contribution < -0.4 is 11.5 Å². The Bertz CT molecular complexity index is 1530. The Kier molecular flexibility index (Phi) is 7.29. The Morgan fingerprint density at radius 2 is 1.54 bits per heavy atom. The molecule has 3 aliphatic rings. The third-order valence-corrected chi connectivity index (χ3v) is 8.08. The van der Waals surface area contributed by atoms with Gasteiger partial charge in [0.1, 0.15) is 22.8 Å². The van der Waals surface area contributed by atoms with Crippen LogP contribution >= 0.6 is 0 Å². The molecule has 216 valence electrons. The smallest absolute Gasteiger partial charge is 0.255 e. The first kappa shape index (κ1) is 29.5. The van der Waals surface area contributed by atoms with Crippen molar-refractivity contribution < 1.29 is 44.7 Å². The zero-order chi connectivity index (χ0) is 30.6. The summed E-state index contributed by atoms with van der Waals surface area (Å²) in [7, 11) is 3.06. The molecule has 0 unspecified atom stereocenters. The molecule has 0 fully saturated rings. The highest BCUT2D eigenvalue weighted by Crippen LogP contribution is 2.56. The van der Waals surface area contributed by atoms with Crippen molar-refractivity contribution in [2.24, 2.45) is 23.3 Å². The maximum absolute atomic E-state index is 13.3. The number of ketones is 2. The summed E-state index contributed by atoms with van der Waals surface area (Å²) in [6.07, 6.45) is -0.200. The largest absolute Gasteiger partial charge is 0.510 e. The lowest BCUT2D eigenvalue weighted by Crippen LogP contribution is -2.65. The molecule has 0 saturated heterocycles. The van der Waals surface area contributed by atoms with Crippen LogP contribution in [0.2, 0.25) is 0 Å². The summed E-state index contributed by atoms with van der Waals surface area (Å²) < 4.78 is 0. The number of primary amides is 2. The summed E-state index contributed by atoms with van der Waals surface area (Å²) in [5.74, 6) is -8.27. The molecule has 0 aliphatic heterocycles. The molecule has 0 aromatic heterocycles. The van der Waals surface area contributed by atoms with E-state index in [1.54, 1.807) is 24.3 Å². The number of carbonyl (C=O) groups excluding carboxylic acids is 4. The predicted molar refractivity (Wildman–Crippen MR) is 145 cm³/mol. The van der Waals surface area contributed by atoms with Crippen molar-refractivity contribution in [2.45, 2.75) is 30.6 Å². The van der Waals surface area contributed by atoms with Gasteiger partial charge in [0.15, 0.2) is 11.4 Å². The number of rotatable bonds is 3. The quantitative estimate of drug-likeness (QED) is 0.256. The van der Waals surface area contributed by atoms with Crippen molar-refractivity contribution in [3.8, 4) is 5.75 Å². The van der Waals surface area contributed by atoms with Gasteiger partial charge in [-0.25, -0.2) is 0 Å². The first-order valence-electron chi connectivity index (χ1n) is 12.6. The Balaban J connectivity index is 0.000000367. The number of aliphatic hydroxyl groups excluding tert-OH is 2. The van der Waals surface area contributed by atoms with E-state index in [0.717, 1.165) is 0 Å². The van der Waals surface area contributed by atoms with Gasteiger partial charge in [0.05, 0.1) is 17.2 Å². The average Bonchev–Trinajstić information content (AvgIpc) is 2.89. The number of nitrogens with zero attached hydrogens (tertiary/aromatic N) is 1. The van der Waals surface area contributed by atoms with Crippen molar-refractivity contribution in [2.75, 3.05) is 14.1 Å². The Labute approximate surface area is 234 Å². The van der Waals surface area contributed by atoms with Crippen LogP contribution in [-0.4, -0.2) is 79.6 Å². The van der Waals surface area contributed by atoms with Crippen LogP contribution in [-0.2, 0) is 15.2 Å². The van der Waals surface area contributed by atoms with Gasteiger partial charge in [0, 0.05) is 23.0 Å². The molecular weight excluding hydrogens is 534 g/mol. The van der Waals surface area contributed by atoms with E-state index < -0.39 is 75.0 Å². The second-order valence-electron chi connectivity index (χ2n) is 10.7. The van der Waals surface area contributed by atoms with Gasteiger partial charge >= 0.3 is 0 Å². The normalized spacial score (nSPS) is 28.8. The Morgan fingerprint density at radius 3 is 2.05 bits per heavy atom. The lowest BCUT2D eigenvalue weighted by Gasteiger charge is -2.52. The summed E-state index contributed by atoms with van der Waals surface area (Å²) >= 11 is 0. The number of Topliss-reactive ketones (excluding diaryl/α,β-unsaturated/α-hetero) is 2. The fourth-order valence-corrected chi connectivity index (χ4v) is 6.11. The molecule has 5 atom stereocenters. The number of hydrogen-bond acceptors (Lipinski definition) is 10. The molecule has 2 aromatic rings. The molecule has 2 aromatic carbocycles. The van der Waals surface area contributed by atoms with E-state index >= 15 is 0 Å². The van der Waals surface area contributed by atoms with Gasteiger partial charge in [0.25, 0.3) is 5.91 Å². The number of amides is 2. The molecule has 0 heterocycles. The van der Waals surface area contributed by atoms with Gasteiger partial charge in [-0.15, -0.1) is 0 Å². The number of phenols is 1. The monoisotopic (exact) mass is 565 g/mol. The molecule has 12 nitrogen and oxygen atoms in total. The van der Waals surface area contributed by atoms with Crippen molar-refractivity contribution in [3.05, 3.63) is 87.9 Å². The molecule has 3 aliphatic carbocycles. The molecule has 12 heteroatoms. The third kappa shape index (κ3) is 4.36. The summed E-state index contributed by atoms with van der Waals surface area (Å²) in [5.41, 5.74) is 4.87.